The van der Waals surface area contributed by atoms with Gasteiger partial charge < -0.3 is 24.3 Å². The maximum atomic E-state index is 11.1. The minimum atomic E-state index is -0.437. The zero-order chi connectivity index (χ0) is 22.1. The van der Waals surface area contributed by atoms with Crippen LogP contribution in [0.3, 0.4) is 0 Å². The highest BCUT2D eigenvalue weighted by atomic mass is 32.2. The Morgan fingerprint density at radius 2 is 1.79 bits per heavy atom. The first-order valence-electron chi connectivity index (χ1n) is 8.43. The second-order valence-corrected chi connectivity index (χ2v) is 5.74. The first-order chi connectivity index (χ1) is 13.9. The number of hydrogen-bond donors (Lipinski definition) is 1. The molecule has 0 spiro atoms. The Bertz CT molecular complexity index is 691. The fraction of sp³-hybridized carbons (Fsp3) is 0.368. The molecule has 0 aromatic heterocycles. The van der Waals surface area contributed by atoms with E-state index in [-0.39, 0.29) is 30.6 Å². The smallest absolute Gasteiger partial charge is 0.367 e. The number of methoxy groups -OCH3 is 1. The Balaban J connectivity index is 0.000000665. The molecule has 1 N–H and O–H groups in total. The van der Waals surface area contributed by atoms with Crippen LogP contribution in [-0.4, -0.2) is 56.8 Å². The van der Waals surface area contributed by atoms with Crippen molar-refractivity contribution in [1.82, 2.24) is 5.32 Å². The number of carbonyl (C=O) groups excluding carboxylic acids is 4. The molecule has 1 rings (SSSR count). The van der Waals surface area contributed by atoms with Gasteiger partial charge in [0.2, 0.25) is 5.91 Å². The number of esters is 1. The zero-order valence-electron chi connectivity index (χ0n) is 16.8. The van der Waals surface area contributed by atoms with Crippen LogP contribution in [0, 0.1) is 0 Å². The van der Waals surface area contributed by atoms with Crippen molar-refractivity contribution < 1.29 is 38.1 Å². The summed E-state index contributed by atoms with van der Waals surface area (Å²) in [6, 6.07) is 8.94. The lowest BCUT2D eigenvalue weighted by atomic mass is 10.1. The normalized spacial score (nSPS) is 10.3. The molecule has 29 heavy (non-hydrogen) atoms. The average molecular weight is 427 g/mol. The molecule has 10 heteroatoms. The highest BCUT2D eigenvalue weighted by Crippen LogP contribution is 2.20. The minimum Gasteiger partial charge on any atom is -0.494 e. The number of nitrogens with one attached hydrogen (secondary N) is 1. The molecule has 1 aromatic carbocycles. The molecule has 9 nitrogen and oxygen atoms in total. The highest BCUT2D eigenvalue weighted by Gasteiger charge is 2.14. The Hall–Kier alpha value is -3.01. The zero-order valence-corrected chi connectivity index (χ0v) is 17.6. The third kappa shape index (κ3) is 12.1. The van der Waals surface area contributed by atoms with Gasteiger partial charge >= 0.3 is 11.3 Å². The van der Waals surface area contributed by atoms with Crippen molar-refractivity contribution in [3.05, 3.63) is 41.7 Å². The van der Waals surface area contributed by atoms with E-state index in [1.54, 1.807) is 37.4 Å². The fourth-order valence-electron chi connectivity index (χ4n) is 1.74. The third-order valence-corrected chi connectivity index (χ3v) is 3.43. The van der Waals surface area contributed by atoms with Crippen molar-refractivity contribution in [2.45, 2.75) is 13.8 Å². The fourth-order valence-corrected chi connectivity index (χ4v) is 1.92. The van der Waals surface area contributed by atoms with Crippen LogP contribution in [0.15, 0.2) is 36.1 Å². The number of carbonyl (C=O) groups is 4. The molecule has 0 saturated carbocycles. The van der Waals surface area contributed by atoms with Gasteiger partial charge in [-0.3, -0.25) is 14.4 Å². The lowest BCUT2D eigenvalue weighted by Crippen LogP contribution is -2.28. The van der Waals surface area contributed by atoms with E-state index in [0.717, 1.165) is 11.8 Å². The van der Waals surface area contributed by atoms with Crippen LogP contribution in [0.25, 0.3) is 5.76 Å². The van der Waals surface area contributed by atoms with Gasteiger partial charge in [0.25, 0.3) is 6.47 Å². The van der Waals surface area contributed by atoms with Gasteiger partial charge in [-0.15, -0.1) is 0 Å². The summed E-state index contributed by atoms with van der Waals surface area (Å²) in [5.74, 6) is -0.140. The van der Waals surface area contributed by atoms with E-state index in [0.29, 0.717) is 18.6 Å². The van der Waals surface area contributed by atoms with Gasteiger partial charge in [-0.2, -0.15) is 0 Å². The average Bonchev–Trinajstić information content (AvgIpc) is 2.73. The third-order valence-electron chi connectivity index (χ3n) is 2.98. The van der Waals surface area contributed by atoms with Gasteiger partial charge in [-0.1, -0.05) is 30.3 Å². The predicted molar refractivity (Wildman–Crippen MR) is 108 cm³/mol. The molecule has 160 valence electrons. The largest absolute Gasteiger partial charge is 0.494 e. The summed E-state index contributed by atoms with van der Waals surface area (Å²) in [7, 11) is 1.42. The summed E-state index contributed by atoms with van der Waals surface area (Å²) in [5.41, 5.74) is 0.659. The molecule has 0 atom stereocenters. The maximum Gasteiger partial charge on any atom is 0.367 e. The quantitative estimate of drug-likeness (QED) is 0.274. The molecule has 0 bridgehead atoms. The molecule has 0 fully saturated rings. The minimum absolute atomic E-state index is 0.0385. The Morgan fingerprint density at radius 3 is 2.28 bits per heavy atom. The van der Waals surface area contributed by atoms with Crippen LogP contribution in [0.1, 0.15) is 19.4 Å². The summed E-state index contributed by atoms with van der Waals surface area (Å²) in [5, 5.41) is 1.88. The van der Waals surface area contributed by atoms with Crippen molar-refractivity contribution in [3.63, 3.8) is 0 Å². The molecule has 1 aromatic rings. The van der Waals surface area contributed by atoms with E-state index in [2.05, 4.69) is 10.1 Å². The molecule has 0 heterocycles. The molecule has 0 aliphatic heterocycles. The van der Waals surface area contributed by atoms with Crippen LogP contribution in [0.4, 0.5) is 4.79 Å². The molecular weight excluding hydrogens is 402 g/mol. The first-order valence-corrected chi connectivity index (χ1v) is 9.65. The Labute approximate surface area is 173 Å². The molecule has 0 radical (unpaired) electrons. The SMILES string of the molecule is CCOC(=O)CNC(C)=O.CO/C(COC(=O)SC)=C(\OC=O)c1ccccc1. The summed E-state index contributed by atoms with van der Waals surface area (Å²) in [6.45, 7) is 3.57. The molecular formula is C19H25NO8S. The van der Waals surface area contributed by atoms with Crippen molar-refractivity contribution >= 4 is 41.2 Å². The molecule has 0 aliphatic rings. The first kappa shape index (κ1) is 26.0. The van der Waals surface area contributed by atoms with E-state index in [1.807, 2.05) is 6.07 Å². The van der Waals surface area contributed by atoms with Gasteiger partial charge in [0, 0.05) is 12.5 Å². The number of benzene rings is 1. The van der Waals surface area contributed by atoms with Crippen LogP contribution in [0.2, 0.25) is 0 Å². The monoisotopic (exact) mass is 427 g/mol. The molecule has 0 aliphatic carbocycles. The maximum absolute atomic E-state index is 11.1. The van der Waals surface area contributed by atoms with E-state index in [9.17, 15) is 19.2 Å². The van der Waals surface area contributed by atoms with Gasteiger partial charge in [-0.25, -0.2) is 4.79 Å². The van der Waals surface area contributed by atoms with Crippen LogP contribution in [0.5, 0.6) is 0 Å². The number of amides is 1. The van der Waals surface area contributed by atoms with Gasteiger partial charge in [0.05, 0.1) is 13.7 Å². The van der Waals surface area contributed by atoms with Crippen molar-refractivity contribution in [1.29, 1.82) is 0 Å². The predicted octanol–water partition coefficient (Wildman–Crippen LogP) is 2.36. The topological polar surface area (TPSA) is 117 Å². The number of thioether (sulfide) groups is 1. The van der Waals surface area contributed by atoms with E-state index >= 15 is 0 Å². The summed E-state index contributed by atoms with van der Waals surface area (Å²) in [4.78, 5) is 42.4. The van der Waals surface area contributed by atoms with Crippen molar-refractivity contribution in [2.24, 2.45) is 0 Å². The number of ether oxygens (including phenoxy) is 4. The molecule has 0 unspecified atom stereocenters. The second-order valence-electron chi connectivity index (χ2n) is 4.99. The Morgan fingerprint density at radius 1 is 1.14 bits per heavy atom. The number of rotatable bonds is 9. The Kier molecular flexibility index (Phi) is 14.3. The summed E-state index contributed by atoms with van der Waals surface area (Å²) >= 11 is 0.949. The standard InChI is InChI=1S/C13H14O5S.C6H11NO3/c1-16-11(8-17-13(15)19-2)12(18-9-14)10-6-4-3-5-7-10;1-3-10-6(9)4-7-5(2)8/h3-7,9H,8H2,1-2H3;3-4H2,1-2H3,(H,7,8)/b12-11-;. The number of hydrogen-bond acceptors (Lipinski definition) is 9. The van der Waals surface area contributed by atoms with Gasteiger partial charge in [0.15, 0.2) is 18.1 Å². The lowest BCUT2D eigenvalue weighted by Gasteiger charge is -2.12. The van der Waals surface area contributed by atoms with Gasteiger partial charge in [-0.05, 0) is 24.9 Å². The van der Waals surface area contributed by atoms with Crippen LogP contribution < -0.4 is 5.32 Å². The van der Waals surface area contributed by atoms with Gasteiger partial charge in [0.1, 0.15) is 6.54 Å². The highest BCUT2D eigenvalue weighted by molar-refractivity contribution is 8.12. The van der Waals surface area contributed by atoms with E-state index < -0.39 is 11.3 Å². The van der Waals surface area contributed by atoms with E-state index in [1.165, 1.54) is 14.0 Å². The van der Waals surface area contributed by atoms with Crippen molar-refractivity contribution in [2.75, 3.05) is 33.1 Å². The van der Waals surface area contributed by atoms with Crippen molar-refractivity contribution in [3.8, 4) is 0 Å². The summed E-state index contributed by atoms with van der Waals surface area (Å²) in [6.07, 6.45) is 1.61. The second kappa shape index (κ2) is 16.0. The van der Waals surface area contributed by atoms with Crippen LogP contribution in [-0.2, 0) is 33.3 Å². The summed E-state index contributed by atoms with van der Waals surface area (Å²) < 4.78 is 19.5. The lowest BCUT2D eigenvalue weighted by molar-refractivity contribution is -0.143. The van der Waals surface area contributed by atoms with Crippen LogP contribution >= 0.6 is 11.8 Å². The molecule has 1 amide bonds. The van der Waals surface area contributed by atoms with E-state index in [4.69, 9.17) is 14.2 Å². The molecule has 0 saturated heterocycles.